The number of carbonyl (C=O) groups is 2. The number of carboxylic acids is 1. The number of amides is 1. The first-order valence-electron chi connectivity index (χ1n) is 5.94. The molecule has 0 spiro atoms. The number of carboxylic acid groups (broad SMARTS) is 1. The van der Waals surface area contributed by atoms with E-state index in [1.54, 1.807) is 5.38 Å². The highest BCUT2D eigenvalue weighted by Crippen LogP contribution is 2.33. The number of nitrogens with two attached hydrogens (primary N) is 1. The van der Waals surface area contributed by atoms with Crippen LogP contribution in [0.4, 0.5) is 5.00 Å². The number of hydrogen-bond donors (Lipinski definition) is 2. The van der Waals surface area contributed by atoms with E-state index in [2.05, 4.69) is 5.32 Å². The van der Waals surface area contributed by atoms with Crippen LogP contribution in [-0.2, 0) is 4.79 Å². The third-order valence-corrected chi connectivity index (χ3v) is 3.64. The van der Waals surface area contributed by atoms with E-state index in [1.807, 2.05) is 30.3 Å². The molecule has 1 heterocycles. The van der Waals surface area contributed by atoms with Gasteiger partial charge in [0.05, 0.1) is 22.6 Å². The Morgan fingerprint density at radius 1 is 1.30 bits per heavy atom. The van der Waals surface area contributed by atoms with Crippen molar-refractivity contribution in [3.8, 4) is 11.1 Å². The minimum atomic E-state index is -1.34. The van der Waals surface area contributed by atoms with Crippen LogP contribution in [0.2, 0.25) is 0 Å². The van der Waals surface area contributed by atoms with Crippen molar-refractivity contribution in [2.75, 3.05) is 5.73 Å². The average molecular weight is 289 g/mol. The van der Waals surface area contributed by atoms with Gasteiger partial charge in [0.15, 0.2) is 0 Å². The highest BCUT2D eigenvalue weighted by atomic mass is 32.1. The largest absolute Gasteiger partial charge is 0.548 e. The van der Waals surface area contributed by atoms with Crippen molar-refractivity contribution in [1.29, 1.82) is 0 Å². The van der Waals surface area contributed by atoms with Gasteiger partial charge < -0.3 is 21.0 Å². The van der Waals surface area contributed by atoms with E-state index in [0.717, 1.165) is 5.56 Å². The Bertz CT molecular complexity index is 637. The van der Waals surface area contributed by atoms with Crippen LogP contribution in [0.1, 0.15) is 17.3 Å². The quantitative estimate of drug-likeness (QED) is 0.873. The highest BCUT2D eigenvalue weighted by molar-refractivity contribution is 7.15. The first-order valence-corrected chi connectivity index (χ1v) is 6.82. The van der Waals surface area contributed by atoms with Crippen molar-refractivity contribution in [2.45, 2.75) is 13.0 Å². The normalized spacial score (nSPS) is 11.8. The summed E-state index contributed by atoms with van der Waals surface area (Å²) in [5, 5.41) is 15.2. The lowest BCUT2D eigenvalue weighted by Crippen LogP contribution is -2.46. The fraction of sp³-hybridized carbons (Fsp3) is 0.143. The average Bonchev–Trinajstić information content (AvgIpc) is 2.81. The van der Waals surface area contributed by atoms with Crippen molar-refractivity contribution >= 4 is 28.2 Å². The third kappa shape index (κ3) is 2.80. The van der Waals surface area contributed by atoms with Crippen LogP contribution < -0.4 is 16.2 Å². The molecule has 0 aliphatic carbocycles. The van der Waals surface area contributed by atoms with Gasteiger partial charge in [-0.25, -0.2) is 0 Å². The number of nitrogens with one attached hydrogen (secondary N) is 1. The molecule has 104 valence electrons. The Hall–Kier alpha value is -2.34. The fourth-order valence-electron chi connectivity index (χ4n) is 1.77. The SMILES string of the molecule is C[C@@H](NC(=O)c1c(-c2ccccc2)csc1N)C(=O)[O-]. The molecule has 0 bridgehead atoms. The minimum Gasteiger partial charge on any atom is -0.548 e. The van der Waals surface area contributed by atoms with Crippen LogP contribution >= 0.6 is 11.3 Å². The van der Waals surface area contributed by atoms with E-state index in [9.17, 15) is 14.7 Å². The predicted octanol–water partition coefficient (Wildman–Crippen LogP) is 0.866. The Morgan fingerprint density at radius 2 is 1.95 bits per heavy atom. The molecule has 5 nitrogen and oxygen atoms in total. The lowest BCUT2D eigenvalue weighted by atomic mass is 10.0. The van der Waals surface area contributed by atoms with Gasteiger partial charge in [-0.1, -0.05) is 30.3 Å². The van der Waals surface area contributed by atoms with E-state index < -0.39 is 17.9 Å². The topological polar surface area (TPSA) is 95.2 Å². The lowest BCUT2D eigenvalue weighted by molar-refractivity contribution is -0.307. The monoisotopic (exact) mass is 289 g/mol. The molecule has 3 N–H and O–H groups in total. The lowest BCUT2D eigenvalue weighted by Gasteiger charge is -2.15. The summed E-state index contributed by atoms with van der Waals surface area (Å²) in [7, 11) is 0. The fourth-order valence-corrected chi connectivity index (χ4v) is 2.58. The van der Waals surface area contributed by atoms with Crippen LogP contribution in [0.15, 0.2) is 35.7 Å². The molecule has 0 aliphatic rings. The summed E-state index contributed by atoms with van der Waals surface area (Å²) < 4.78 is 0. The Morgan fingerprint density at radius 3 is 2.55 bits per heavy atom. The summed E-state index contributed by atoms with van der Waals surface area (Å²) in [4.78, 5) is 22.8. The van der Waals surface area contributed by atoms with Crippen molar-refractivity contribution in [3.05, 3.63) is 41.3 Å². The molecule has 20 heavy (non-hydrogen) atoms. The summed E-state index contributed by atoms with van der Waals surface area (Å²) in [6.07, 6.45) is 0. The zero-order valence-electron chi connectivity index (χ0n) is 10.8. The molecular weight excluding hydrogens is 276 g/mol. The minimum absolute atomic E-state index is 0.300. The number of thiophene rings is 1. The van der Waals surface area contributed by atoms with Gasteiger partial charge in [-0.05, 0) is 12.5 Å². The number of rotatable bonds is 4. The maximum atomic E-state index is 12.2. The second-order valence-electron chi connectivity index (χ2n) is 4.27. The molecule has 0 unspecified atom stereocenters. The number of nitrogen functional groups attached to an aromatic ring is 1. The molecule has 2 rings (SSSR count). The van der Waals surface area contributed by atoms with Gasteiger partial charge in [0, 0.05) is 10.9 Å². The van der Waals surface area contributed by atoms with Crippen LogP contribution in [0, 0.1) is 0 Å². The van der Waals surface area contributed by atoms with Gasteiger partial charge in [-0.2, -0.15) is 0 Å². The zero-order valence-corrected chi connectivity index (χ0v) is 11.6. The van der Waals surface area contributed by atoms with E-state index in [4.69, 9.17) is 5.73 Å². The van der Waals surface area contributed by atoms with Gasteiger partial charge in [0.25, 0.3) is 5.91 Å². The number of hydrogen-bond acceptors (Lipinski definition) is 5. The zero-order chi connectivity index (χ0) is 14.7. The predicted molar refractivity (Wildman–Crippen MR) is 76.1 cm³/mol. The number of aliphatic carboxylic acids is 1. The molecule has 0 fully saturated rings. The van der Waals surface area contributed by atoms with Crippen molar-refractivity contribution in [3.63, 3.8) is 0 Å². The van der Waals surface area contributed by atoms with Crippen LogP contribution in [-0.4, -0.2) is 17.9 Å². The van der Waals surface area contributed by atoms with Gasteiger partial charge >= 0.3 is 0 Å². The molecule has 0 radical (unpaired) electrons. The van der Waals surface area contributed by atoms with Crippen LogP contribution in [0.25, 0.3) is 11.1 Å². The number of carbonyl (C=O) groups excluding carboxylic acids is 2. The van der Waals surface area contributed by atoms with E-state index in [0.29, 0.717) is 16.1 Å². The molecule has 0 saturated heterocycles. The van der Waals surface area contributed by atoms with Crippen LogP contribution in [0.3, 0.4) is 0 Å². The van der Waals surface area contributed by atoms with Gasteiger partial charge in [-0.15, -0.1) is 11.3 Å². The Labute approximate surface area is 120 Å². The number of benzene rings is 1. The summed E-state index contributed by atoms with van der Waals surface area (Å²) in [5.41, 5.74) is 7.67. The maximum Gasteiger partial charge on any atom is 0.255 e. The standard InChI is InChI=1S/C14H14N2O3S/c1-8(14(18)19)16-13(17)11-10(7-20-12(11)15)9-5-3-2-4-6-9/h2-8H,15H2,1H3,(H,16,17)(H,18,19)/p-1/t8-/m1/s1. The van der Waals surface area contributed by atoms with Gasteiger partial charge in [0.1, 0.15) is 0 Å². The molecule has 1 aromatic heterocycles. The molecule has 6 heteroatoms. The van der Waals surface area contributed by atoms with Gasteiger partial charge in [-0.3, -0.25) is 4.79 Å². The Kier molecular flexibility index (Phi) is 4.05. The van der Waals surface area contributed by atoms with Gasteiger partial charge in [0.2, 0.25) is 0 Å². The van der Waals surface area contributed by atoms with Crippen LogP contribution in [0.5, 0.6) is 0 Å². The Balaban J connectivity index is 2.35. The second kappa shape index (κ2) is 5.75. The summed E-state index contributed by atoms with van der Waals surface area (Å²) in [6, 6.07) is 8.23. The molecule has 0 aliphatic heterocycles. The summed E-state index contributed by atoms with van der Waals surface area (Å²) >= 11 is 1.24. The second-order valence-corrected chi connectivity index (χ2v) is 5.18. The third-order valence-electron chi connectivity index (χ3n) is 2.83. The maximum absolute atomic E-state index is 12.2. The van der Waals surface area contributed by atoms with E-state index in [1.165, 1.54) is 18.3 Å². The molecular formula is C14H13N2O3S-. The molecule has 1 aromatic carbocycles. The van der Waals surface area contributed by atoms with Crippen molar-refractivity contribution in [2.24, 2.45) is 0 Å². The molecule has 1 amide bonds. The molecule has 1 atom stereocenters. The van der Waals surface area contributed by atoms with E-state index >= 15 is 0 Å². The number of anilines is 1. The first kappa shape index (κ1) is 14.1. The molecule has 0 saturated carbocycles. The van der Waals surface area contributed by atoms with E-state index in [-0.39, 0.29) is 0 Å². The van der Waals surface area contributed by atoms with Crippen molar-refractivity contribution in [1.82, 2.24) is 5.32 Å². The molecule has 2 aromatic rings. The first-order chi connectivity index (χ1) is 9.50. The highest BCUT2D eigenvalue weighted by Gasteiger charge is 2.20. The summed E-state index contributed by atoms with van der Waals surface area (Å²) in [6.45, 7) is 1.35. The smallest absolute Gasteiger partial charge is 0.255 e. The van der Waals surface area contributed by atoms with Crippen molar-refractivity contribution < 1.29 is 14.7 Å². The summed E-state index contributed by atoms with van der Waals surface area (Å²) in [5.74, 6) is -1.85.